The first kappa shape index (κ1) is 19.5. The lowest BCUT2D eigenvalue weighted by Gasteiger charge is -2.10. The zero-order valence-corrected chi connectivity index (χ0v) is 15.4. The Hall–Kier alpha value is -2.82. The van der Waals surface area contributed by atoms with Gasteiger partial charge < -0.3 is 16.4 Å². The Morgan fingerprint density at radius 3 is 2.54 bits per heavy atom. The Labute approximate surface area is 155 Å². The molecule has 0 aliphatic carbocycles. The second kappa shape index (κ2) is 9.61. The van der Waals surface area contributed by atoms with Crippen molar-refractivity contribution < 1.29 is 9.59 Å². The quantitative estimate of drug-likeness (QED) is 0.635. The van der Waals surface area contributed by atoms with Crippen LogP contribution < -0.4 is 16.4 Å². The maximum absolute atomic E-state index is 12.1. The van der Waals surface area contributed by atoms with Crippen LogP contribution >= 0.6 is 0 Å². The predicted molar refractivity (Wildman–Crippen MR) is 106 cm³/mol. The van der Waals surface area contributed by atoms with Crippen LogP contribution in [0.25, 0.3) is 0 Å². The third-order valence-electron chi connectivity index (χ3n) is 3.97. The van der Waals surface area contributed by atoms with Gasteiger partial charge in [-0.3, -0.25) is 9.59 Å². The number of para-hydroxylation sites is 1. The molecule has 2 aromatic rings. The fourth-order valence-electron chi connectivity index (χ4n) is 2.64. The van der Waals surface area contributed by atoms with E-state index >= 15 is 0 Å². The third kappa shape index (κ3) is 6.59. The molecule has 0 unspecified atom stereocenters. The Balaban J connectivity index is 1.81. The maximum atomic E-state index is 12.1. The maximum Gasteiger partial charge on any atom is 0.224 e. The van der Waals surface area contributed by atoms with Crippen molar-refractivity contribution in [3.05, 3.63) is 59.7 Å². The second-order valence-electron chi connectivity index (χ2n) is 6.82. The standard InChI is InChI=1S/C21H27N3O2/c1-15(2)12-21(26)24-18-8-5-6-16(13-18)14-23-20(25)11-10-17-7-3-4-9-19(17)22/h3-9,13,15H,10-12,14,22H2,1-2H3,(H,23,25)(H,24,26). The molecule has 5 nitrogen and oxygen atoms in total. The number of aryl methyl sites for hydroxylation is 1. The molecule has 4 N–H and O–H groups in total. The summed E-state index contributed by atoms with van der Waals surface area (Å²) in [6, 6.07) is 15.1. The fraction of sp³-hybridized carbons (Fsp3) is 0.333. The number of hydrogen-bond acceptors (Lipinski definition) is 3. The van der Waals surface area contributed by atoms with Crippen molar-refractivity contribution in [2.75, 3.05) is 11.1 Å². The number of hydrogen-bond donors (Lipinski definition) is 3. The molecular formula is C21H27N3O2. The zero-order chi connectivity index (χ0) is 18.9. The number of carbonyl (C=O) groups excluding carboxylic acids is 2. The van der Waals surface area contributed by atoms with Gasteiger partial charge in [0.05, 0.1) is 0 Å². The van der Waals surface area contributed by atoms with Gasteiger partial charge in [-0.15, -0.1) is 0 Å². The van der Waals surface area contributed by atoms with E-state index in [0.29, 0.717) is 37.4 Å². The highest BCUT2D eigenvalue weighted by molar-refractivity contribution is 5.90. The van der Waals surface area contributed by atoms with E-state index in [1.165, 1.54) is 0 Å². The van der Waals surface area contributed by atoms with Crippen LogP contribution in [0.5, 0.6) is 0 Å². The van der Waals surface area contributed by atoms with Crippen LogP contribution in [0.1, 0.15) is 37.8 Å². The average Bonchev–Trinajstić information content (AvgIpc) is 2.59. The van der Waals surface area contributed by atoms with Gasteiger partial charge in [0.2, 0.25) is 11.8 Å². The van der Waals surface area contributed by atoms with Crippen LogP contribution in [0, 0.1) is 5.92 Å². The van der Waals surface area contributed by atoms with E-state index in [1.54, 1.807) is 0 Å². The van der Waals surface area contributed by atoms with Crippen LogP contribution in [0.15, 0.2) is 48.5 Å². The molecule has 5 heteroatoms. The summed E-state index contributed by atoms with van der Waals surface area (Å²) < 4.78 is 0. The summed E-state index contributed by atoms with van der Waals surface area (Å²) in [7, 11) is 0. The summed E-state index contributed by atoms with van der Waals surface area (Å²) in [4.78, 5) is 23.9. The monoisotopic (exact) mass is 353 g/mol. The van der Waals surface area contributed by atoms with Crippen molar-refractivity contribution in [3.63, 3.8) is 0 Å². The number of anilines is 2. The van der Waals surface area contributed by atoms with E-state index in [0.717, 1.165) is 16.8 Å². The van der Waals surface area contributed by atoms with Crippen molar-refractivity contribution in [2.45, 2.75) is 39.7 Å². The third-order valence-corrected chi connectivity index (χ3v) is 3.97. The zero-order valence-electron chi connectivity index (χ0n) is 15.4. The van der Waals surface area contributed by atoms with E-state index in [9.17, 15) is 9.59 Å². The minimum atomic E-state index is -0.0255. The Morgan fingerprint density at radius 1 is 1.04 bits per heavy atom. The van der Waals surface area contributed by atoms with E-state index in [4.69, 9.17) is 5.73 Å². The summed E-state index contributed by atoms with van der Waals surface area (Å²) in [6.07, 6.45) is 1.49. The first-order valence-corrected chi connectivity index (χ1v) is 8.93. The van der Waals surface area contributed by atoms with E-state index in [2.05, 4.69) is 10.6 Å². The van der Waals surface area contributed by atoms with Gasteiger partial charge in [0.25, 0.3) is 0 Å². The fourth-order valence-corrected chi connectivity index (χ4v) is 2.64. The summed E-state index contributed by atoms with van der Waals surface area (Å²) in [5.74, 6) is 0.292. The SMILES string of the molecule is CC(C)CC(=O)Nc1cccc(CNC(=O)CCc2ccccc2N)c1. The van der Waals surface area contributed by atoms with E-state index in [1.807, 2.05) is 62.4 Å². The molecule has 0 atom stereocenters. The van der Waals surface area contributed by atoms with Crippen LogP contribution in [-0.4, -0.2) is 11.8 Å². The molecule has 0 aliphatic rings. The summed E-state index contributed by atoms with van der Waals surface area (Å²) >= 11 is 0. The van der Waals surface area contributed by atoms with E-state index in [-0.39, 0.29) is 11.8 Å². The lowest BCUT2D eigenvalue weighted by Crippen LogP contribution is -2.23. The lowest BCUT2D eigenvalue weighted by molar-refractivity contribution is -0.121. The van der Waals surface area contributed by atoms with Crippen molar-refractivity contribution in [2.24, 2.45) is 5.92 Å². The molecule has 2 amide bonds. The van der Waals surface area contributed by atoms with Crippen molar-refractivity contribution in [1.82, 2.24) is 5.32 Å². The first-order valence-electron chi connectivity index (χ1n) is 8.93. The molecule has 0 bridgehead atoms. The molecule has 0 saturated carbocycles. The highest BCUT2D eigenvalue weighted by atomic mass is 16.2. The van der Waals surface area contributed by atoms with Gasteiger partial charge >= 0.3 is 0 Å². The highest BCUT2D eigenvalue weighted by Crippen LogP contribution is 2.14. The largest absolute Gasteiger partial charge is 0.399 e. The molecule has 2 rings (SSSR count). The number of nitrogen functional groups attached to an aromatic ring is 1. The molecule has 0 heterocycles. The van der Waals surface area contributed by atoms with Crippen molar-refractivity contribution in [1.29, 1.82) is 0 Å². The predicted octanol–water partition coefficient (Wildman–Crippen LogP) is 3.50. The smallest absolute Gasteiger partial charge is 0.224 e. The van der Waals surface area contributed by atoms with Gasteiger partial charge in [-0.25, -0.2) is 0 Å². The van der Waals surface area contributed by atoms with Gasteiger partial charge in [-0.2, -0.15) is 0 Å². The Kier molecular flexibility index (Phi) is 7.21. The van der Waals surface area contributed by atoms with Gasteiger partial charge in [0.1, 0.15) is 0 Å². The average molecular weight is 353 g/mol. The molecule has 0 aliphatic heterocycles. The van der Waals surface area contributed by atoms with Gasteiger partial charge in [0.15, 0.2) is 0 Å². The van der Waals surface area contributed by atoms with Gasteiger partial charge in [0, 0.05) is 30.8 Å². The number of nitrogens with one attached hydrogen (secondary N) is 2. The molecule has 0 radical (unpaired) electrons. The van der Waals surface area contributed by atoms with Crippen LogP contribution in [-0.2, 0) is 22.6 Å². The second-order valence-corrected chi connectivity index (χ2v) is 6.82. The molecule has 0 saturated heterocycles. The number of amides is 2. The molecular weight excluding hydrogens is 326 g/mol. The molecule has 0 spiro atoms. The van der Waals surface area contributed by atoms with Crippen LogP contribution in [0.3, 0.4) is 0 Å². The normalized spacial score (nSPS) is 10.6. The van der Waals surface area contributed by atoms with Crippen LogP contribution in [0.4, 0.5) is 11.4 Å². The van der Waals surface area contributed by atoms with Crippen molar-refractivity contribution in [3.8, 4) is 0 Å². The minimum Gasteiger partial charge on any atom is -0.399 e. The van der Waals surface area contributed by atoms with E-state index < -0.39 is 0 Å². The van der Waals surface area contributed by atoms with Crippen molar-refractivity contribution >= 4 is 23.2 Å². The first-order chi connectivity index (χ1) is 12.4. The molecule has 26 heavy (non-hydrogen) atoms. The summed E-state index contributed by atoms with van der Waals surface area (Å²) in [6.45, 7) is 4.44. The lowest BCUT2D eigenvalue weighted by atomic mass is 10.1. The summed E-state index contributed by atoms with van der Waals surface area (Å²) in [5.41, 5.74) is 9.28. The Bertz CT molecular complexity index is 756. The number of carbonyl (C=O) groups is 2. The van der Waals surface area contributed by atoms with Crippen LogP contribution in [0.2, 0.25) is 0 Å². The molecule has 138 valence electrons. The molecule has 0 aromatic heterocycles. The summed E-state index contributed by atoms with van der Waals surface area (Å²) in [5, 5.41) is 5.80. The minimum absolute atomic E-state index is 0.00151. The number of rotatable bonds is 8. The topological polar surface area (TPSA) is 84.2 Å². The molecule has 2 aromatic carbocycles. The highest BCUT2D eigenvalue weighted by Gasteiger charge is 2.07. The Morgan fingerprint density at radius 2 is 1.81 bits per heavy atom. The number of benzene rings is 2. The van der Waals surface area contributed by atoms with Gasteiger partial charge in [-0.05, 0) is 41.7 Å². The number of nitrogens with two attached hydrogens (primary N) is 1. The molecule has 0 fully saturated rings. The van der Waals surface area contributed by atoms with Gasteiger partial charge in [-0.1, -0.05) is 44.2 Å².